The summed E-state index contributed by atoms with van der Waals surface area (Å²) < 4.78 is 7.15. The molecule has 0 N–H and O–H groups in total. The van der Waals surface area contributed by atoms with Crippen LogP contribution >= 0.6 is 0 Å². The minimum atomic E-state index is 0.222. The molecule has 2 aliphatic carbocycles. The van der Waals surface area contributed by atoms with Gasteiger partial charge in [-0.05, 0) is 89.6 Å². The highest BCUT2D eigenvalue weighted by atomic mass is 15.2. The second-order valence-electron chi connectivity index (χ2n) is 20.6. The fourth-order valence-corrected chi connectivity index (χ4v) is 12.0. The predicted molar refractivity (Wildman–Crippen MR) is 315 cm³/mol. The largest absolute Gasteiger partial charge is 0.333 e. The summed E-state index contributed by atoms with van der Waals surface area (Å²) in [4.78, 5) is 26.6. The molecule has 15 rings (SSSR count). The van der Waals surface area contributed by atoms with Crippen molar-refractivity contribution in [2.24, 2.45) is 11.8 Å². The number of rotatable bonds is 8. The van der Waals surface area contributed by atoms with Crippen LogP contribution in [0.15, 0.2) is 231 Å². The number of aromatic nitrogens is 8. The van der Waals surface area contributed by atoms with Crippen LogP contribution in [0.2, 0.25) is 0 Å². The Bertz CT molecular complexity index is 4510. The molecule has 0 saturated heterocycles. The number of allylic oxidation sites excluding steroid dienone is 5. The van der Waals surface area contributed by atoms with E-state index in [9.17, 15) is 0 Å². The van der Waals surface area contributed by atoms with E-state index < -0.39 is 0 Å². The van der Waals surface area contributed by atoms with Crippen molar-refractivity contribution in [3.8, 4) is 68.2 Å². The van der Waals surface area contributed by atoms with E-state index in [1.54, 1.807) is 0 Å². The summed E-state index contributed by atoms with van der Waals surface area (Å²) in [5.41, 5.74) is 16.7. The Morgan fingerprint density at radius 2 is 0.974 bits per heavy atom. The first-order valence-electron chi connectivity index (χ1n) is 26.6. The molecule has 77 heavy (non-hydrogen) atoms. The molecule has 0 saturated carbocycles. The lowest BCUT2D eigenvalue weighted by atomic mass is 9.93. The molecule has 366 valence electrons. The van der Waals surface area contributed by atoms with Gasteiger partial charge in [-0.15, -0.1) is 0 Å². The Morgan fingerprint density at radius 1 is 0.416 bits per heavy atom. The number of hydrogen-bond donors (Lipinski definition) is 0. The van der Waals surface area contributed by atoms with Crippen LogP contribution in [-0.4, -0.2) is 38.6 Å². The van der Waals surface area contributed by atoms with Crippen LogP contribution in [0, 0.1) is 11.8 Å². The van der Waals surface area contributed by atoms with Crippen molar-refractivity contribution in [2.75, 3.05) is 0 Å². The molecule has 8 aromatic carbocycles. The lowest BCUT2D eigenvalue weighted by molar-refractivity contribution is 0.510. The van der Waals surface area contributed by atoms with Crippen LogP contribution in [0.1, 0.15) is 31.1 Å². The lowest BCUT2D eigenvalue weighted by Crippen LogP contribution is -2.15. The van der Waals surface area contributed by atoms with E-state index in [0.29, 0.717) is 35.3 Å². The van der Waals surface area contributed by atoms with Gasteiger partial charge in [0.1, 0.15) is 5.52 Å². The van der Waals surface area contributed by atoms with E-state index in [-0.39, 0.29) is 6.04 Å². The van der Waals surface area contributed by atoms with Gasteiger partial charge in [0.05, 0.1) is 34.0 Å². The number of nitrogens with zero attached hydrogens (tertiary/aromatic N) is 8. The maximum atomic E-state index is 5.56. The van der Waals surface area contributed by atoms with Crippen LogP contribution in [-0.2, 0) is 6.42 Å². The molecule has 3 atom stereocenters. The summed E-state index contributed by atoms with van der Waals surface area (Å²) in [6.45, 7) is 4.60. The summed E-state index contributed by atoms with van der Waals surface area (Å²) in [6.07, 6.45) is 14.4. The fourth-order valence-electron chi connectivity index (χ4n) is 12.0. The average Bonchev–Trinajstić information content (AvgIpc) is 4.35. The first-order chi connectivity index (χ1) is 38.0. The van der Waals surface area contributed by atoms with Crippen molar-refractivity contribution in [1.29, 1.82) is 0 Å². The third kappa shape index (κ3) is 7.39. The SMILES string of the molecule is CC1C=Cc2c(c3cc(-n4c5ccc(-c6ccc7c(c6)c6ccccc6n7C6C=CC=CC6C)cc5c5nc(-c6ccccc6)nc(-c6ccccc6)c54)ccc3n2-c2nc(-c3ccccc3)nc(-c3ccccc3)n2)C1. The molecule has 0 bridgehead atoms. The zero-order valence-corrected chi connectivity index (χ0v) is 42.5. The predicted octanol–water partition coefficient (Wildman–Crippen LogP) is 16.7. The van der Waals surface area contributed by atoms with Gasteiger partial charge in [0.2, 0.25) is 5.95 Å². The number of benzene rings is 8. The molecule has 2 aliphatic rings. The van der Waals surface area contributed by atoms with Crippen molar-refractivity contribution in [3.05, 3.63) is 242 Å². The Labute approximate surface area is 445 Å². The van der Waals surface area contributed by atoms with Crippen LogP contribution in [0.4, 0.5) is 0 Å². The van der Waals surface area contributed by atoms with E-state index in [2.05, 4.69) is 222 Å². The molecule has 8 nitrogen and oxygen atoms in total. The second kappa shape index (κ2) is 18.0. The minimum Gasteiger partial charge on any atom is -0.333 e. The summed E-state index contributed by atoms with van der Waals surface area (Å²) in [7, 11) is 0. The molecule has 5 heterocycles. The summed E-state index contributed by atoms with van der Waals surface area (Å²) in [5.74, 6) is 3.21. The molecule has 5 aromatic heterocycles. The number of hydrogen-bond acceptors (Lipinski definition) is 5. The van der Waals surface area contributed by atoms with Gasteiger partial charge >= 0.3 is 0 Å². The Balaban J connectivity index is 0.971. The van der Waals surface area contributed by atoms with Crippen LogP contribution in [0.3, 0.4) is 0 Å². The van der Waals surface area contributed by atoms with Crippen LogP contribution < -0.4 is 0 Å². The van der Waals surface area contributed by atoms with Crippen LogP contribution in [0.25, 0.3) is 129 Å². The molecule has 0 aliphatic heterocycles. The van der Waals surface area contributed by atoms with E-state index in [1.807, 2.05) is 42.5 Å². The zero-order valence-electron chi connectivity index (χ0n) is 42.5. The maximum Gasteiger partial charge on any atom is 0.238 e. The zero-order chi connectivity index (χ0) is 51.1. The van der Waals surface area contributed by atoms with Crippen molar-refractivity contribution >= 4 is 60.7 Å². The molecule has 0 amide bonds. The maximum absolute atomic E-state index is 5.56. The highest BCUT2D eigenvalue weighted by Crippen LogP contribution is 2.44. The van der Waals surface area contributed by atoms with Gasteiger partial charge in [-0.2, -0.15) is 9.97 Å². The average molecular weight is 991 g/mol. The fraction of sp³-hybridized carbons (Fsp3) is 0.0870. The van der Waals surface area contributed by atoms with Gasteiger partial charge in [0.25, 0.3) is 0 Å². The first-order valence-corrected chi connectivity index (χ1v) is 26.6. The van der Waals surface area contributed by atoms with Crippen molar-refractivity contribution < 1.29 is 0 Å². The molecule has 0 fully saturated rings. The molecule has 3 unspecified atom stereocenters. The standard InChI is InChI=1S/C69H50N8/c1-43-31-35-60-53(39-43)55-42-51(34-38-61(55)77(60)69-73-67(47-24-11-5-12-25-47)72-68(74-69)48-26-13-6-14-27-48)75-62-37-33-50(49-32-36-59-54(40-49)52-28-16-18-30-58(52)76(59)57-29-17-15-19-44(57)2)41-56(62)64-65(75)63(45-20-7-3-8-21-45)70-66(71-64)46-22-9-4-10-23-46/h3-38,40-44,57H,39H2,1-2H3. The van der Waals surface area contributed by atoms with E-state index in [4.69, 9.17) is 24.9 Å². The van der Waals surface area contributed by atoms with Gasteiger partial charge in [-0.25, -0.2) is 15.0 Å². The van der Waals surface area contributed by atoms with Crippen molar-refractivity contribution in [1.82, 2.24) is 38.6 Å². The Kier molecular flexibility index (Phi) is 10.4. The van der Waals surface area contributed by atoms with E-state index in [1.165, 1.54) is 27.4 Å². The monoisotopic (exact) mass is 990 g/mol. The van der Waals surface area contributed by atoms with Gasteiger partial charge < -0.3 is 9.13 Å². The Hall–Kier alpha value is -9.79. The van der Waals surface area contributed by atoms with E-state index >= 15 is 0 Å². The second-order valence-corrected chi connectivity index (χ2v) is 20.6. The lowest BCUT2D eigenvalue weighted by Gasteiger charge is -2.24. The van der Waals surface area contributed by atoms with Crippen LogP contribution in [0.5, 0.6) is 0 Å². The highest BCUT2D eigenvalue weighted by molar-refractivity contribution is 6.14. The smallest absolute Gasteiger partial charge is 0.238 e. The number of fused-ring (bicyclic) bond motifs is 9. The molecule has 0 spiro atoms. The van der Waals surface area contributed by atoms with Gasteiger partial charge in [-0.3, -0.25) is 4.57 Å². The first kappa shape index (κ1) is 44.7. The quantitative estimate of drug-likeness (QED) is 0.152. The normalized spacial score (nSPS) is 16.1. The third-order valence-corrected chi connectivity index (χ3v) is 15.7. The van der Waals surface area contributed by atoms with Gasteiger partial charge in [0.15, 0.2) is 17.5 Å². The van der Waals surface area contributed by atoms with E-state index in [0.717, 1.165) is 89.7 Å². The molecule has 8 heteroatoms. The minimum absolute atomic E-state index is 0.222. The third-order valence-electron chi connectivity index (χ3n) is 15.7. The Morgan fingerprint density at radius 3 is 1.65 bits per heavy atom. The van der Waals surface area contributed by atoms with Crippen molar-refractivity contribution in [2.45, 2.75) is 26.3 Å². The topological polar surface area (TPSA) is 79.2 Å². The van der Waals surface area contributed by atoms with Gasteiger partial charge in [-0.1, -0.05) is 196 Å². The highest BCUT2D eigenvalue weighted by Gasteiger charge is 2.28. The molecular formula is C69H50N8. The van der Waals surface area contributed by atoms with Gasteiger partial charge in [0, 0.05) is 60.5 Å². The molecule has 13 aromatic rings. The number of para-hydroxylation sites is 1. The summed E-state index contributed by atoms with van der Waals surface area (Å²) >= 11 is 0. The molecule has 0 radical (unpaired) electrons. The summed E-state index contributed by atoms with van der Waals surface area (Å²) in [5, 5.41) is 4.69. The summed E-state index contributed by atoms with van der Waals surface area (Å²) in [6, 6.07) is 71.1. The molecular weight excluding hydrogens is 941 g/mol. The van der Waals surface area contributed by atoms with Crippen molar-refractivity contribution in [3.63, 3.8) is 0 Å².